The third-order valence-corrected chi connectivity index (χ3v) is 5.07. The van der Waals surface area contributed by atoms with E-state index in [1.165, 1.54) is 42.8 Å². The van der Waals surface area contributed by atoms with Crippen LogP contribution in [0, 0.1) is 5.92 Å². The molecule has 1 unspecified atom stereocenters. The number of allylic oxidation sites excluding steroid dienone is 2. The van der Waals surface area contributed by atoms with Crippen LogP contribution in [0.5, 0.6) is 0 Å². The van der Waals surface area contributed by atoms with Gasteiger partial charge in [0.2, 0.25) is 0 Å². The van der Waals surface area contributed by atoms with Crippen LogP contribution >= 0.6 is 36.4 Å². The maximum Gasteiger partial charge on any atom is 0.0762 e. The number of halogens is 3. The van der Waals surface area contributed by atoms with Gasteiger partial charge >= 0.3 is 0 Å². The lowest BCUT2D eigenvalue weighted by atomic mass is 9.83. The molecule has 3 aliphatic heterocycles. The smallest absolute Gasteiger partial charge is 0.0762 e. The number of piperidine rings is 3. The first-order chi connectivity index (χ1) is 9.25. The summed E-state index contributed by atoms with van der Waals surface area (Å²) in [5, 5.41) is 0.247. The summed E-state index contributed by atoms with van der Waals surface area (Å²) in [7, 11) is 0. The standard InChI is InChI=1S/C16H21ClN2.2ClH/c1-12(4-5-13-3-2-8-18-11-13)16-15(17)14-6-9-19(16)10-7-14;;/h2-3,8,11,14-15H,4-7,9-10H2,1H3;2*1H. The fraction of sp³-hybridized carbons (Fsp3) is 0.562. The third kappa shape index (κ3) is 4.06. The predicted octanol–water partition coefficient (Wildman–Crippen LogP) is 4.46. The molecule has 2 bridgehead atoms. The topological polar surface area (TPSA) is 16.1 Å². The molecule has 118 valence electrons. The average Bonchev–Trinajstić information content (AvgIpc) is 2.47. The highest BCUT2D eigenvalue weighted by Crippen LogP contribution is 2.40. The van der Waals surface area contributed by atoms with Crippen molar-refractivity contribution in [3.63, 3.8) is 0 Å². The van der Waals surface area contributed by atoms with Crippen LogP contribution in [0.2, 0.25) is 0 Å². The summed E-state index contributed by atoms with van der Waals surface area (Å²) in [5.74, 6) is 0.704. The Bertz CT molecular complexity index is 464. The molecule has 3 saturated heterocycles. The molecular formula is C16H23Cl3N2. The molecule has 5 heteroatoms. The fourth-order valence-corrected chi connectivity index (χ4v) is 3.92. The summed E-state index contributed by atoms with van der Waals surface area (Å²) in [5.41, 5.74) is 4.20. The van der Waals surface area contributed by atoms with Gasteiger partial charge in [-0.15, -0.1) is 36.4 Å². The first kappa shape index (κ1) is 18.6. The molecule has 1 aromatic rings. The quantitative estimate of drug-likeness (QED) is 0.749. The predicted molar refractivity (Wildman–Crippen MR) is 93.7 cm³/mol. The van der Waals surface area contributed by atoms with E-state index in [0.717, 1.165) is 12.8 Å². The molecule has 0 spiro atoms. The van der Waals surface area contributed by atoms with Gasteiger partial charge in [-0.2, -0.15) is 0 Å². The molecule has 3 fully saturated rings. The normalized spacial score (nSPS) is 25.9. The lowest BCUT2D eigenvalue weighted by Crippen LogP contribution is -2.47. The van der Waals surface area contributed by atoms with Gasteiger partial charge in [-0.25, -0.2) is 0 Å². The fourth-order valence-electron chi connectivity index (χ4n) is 3.34. The Balaban J connectivity index is 0.00000110. The van der Waals surface area contributed by atoms with Crippen LogP contribution in [-0.2, 0) is 6.42 Å². The van der Waals surface area contributed by atoms with E-state index in [1.807, 2.05) is 18.5 Å². The molecule has 0 N–H and O–H groups in total. The number of aryl methyl sites for hydroxylation is 1. The van der Waals surface area contributed by atoms with Crippen LogP contribution in [0.3, 0.4) is 0 Å². The number of hydrogen-bond donors (Lipinski definition) is 0. The second-order valence-electron chi connectivity index (χ2n) is 5.75. The van der Waals surface area contributed by atoms with Crippen molar-refractivity contribution in [2.45, 2.75) is 38.0 Å². The Kier molecular flexibility index (Phi) is 7.32. The first-order valence-corrected chi connectivity index (χ1v) is 7.67. The Morgan fingerprint density at radius 1 is 1.33 bits per heavy atom. The van der Waals surface area contributed by atoms with E-state index >= 15 is 0 Å². The zero-order valence-corrected chi connectivity index (χ0v) is 14.7. The van der Waals surface area contributed by atoms with Gasteiger partial charge in [0.1, 0.15) is 0 Å². The van der Waals surface area contributed by atoms with Crippen molar-refractivity contribution in [3.8, 4) is 0 Å². The highest BCUT2D eigenvalue weighted by Gasteiger charge is 2.37. The molecule has 0 amide bonds. The average molecular weight is 350 g/mol. The Morgan fingerprint density at radius 3 is 2.62 bits per heavy atom. The highest BCUT2D eigenvalue weighted by molar-refractivity contribution is 6.22. The Morgan fingerprint density at radius 2 is 2.05 bits per heavy atom. The van der Waals surface area contributed by atoms with Gasteiger partial charge in [0.15, 0.2) is 0 Å². The minimum atomic E-state index is 0. The van der Waals surface area contributed by atoms with Crippen molar-refractivity contribution < 1.29 is 0 Å². The number of nitrogens with zero attached hydrogens (tertiary/aromatic N) is 2. The van der Waals surface area contributed by atoms with Crippen LogP contribution in [0.4, 0.5) is 0 Å². The number of aromatic nitrogens is 1. The second kappa shape index (κ2) is 8.26. The minimum absolute atomic E-state index is 0. The summed E-state index contributed by atoms with van der Waals surface area (Å²) >= 11 is 6.64. The molecule has 4 heterocycles. The van der Waals surface area contributed by atoms with Crippen molar-refractivity contribution in [3.05, 3.63) is 41.4 Å². The van der Waals surface area contributed by atoms with Crippen LogP contribution in [-0.4, -0.2) is 28.4 Å². The van der Waals surface area contributed by atoms with Gasteiger partial charge in [-0.3, -0.25) is 4.98 Å². The summed E-state index contributed by atoms with van der Waals surface area (Å²) in [6.07, 6.45) is 8.48. The van der Waals surface area contributed by atoms with Gasteiger partial charge in [-0.05, 0) is 50.2 Å². The molecule has 0 saturated carbocycles. The van der Waals surface area contributed by atoms with E-state index in [-0.39, 0.29) is 30.2 Å². The van der Waals surface area contributed by atoms with Crippen LogP contribution in [0.1, 0.15) is 31.7 Å². The van der Waals surface area contributed by atoms with Crippen molar-refractivity contribution in [2.24, 2.45) is 5.92 Å². The lowest BCUT2D eigenvalue weighted by Gasteiger charge is -2.46. The van der Waals surface area contributed by atoms with Crippen molar-refractivity contribution >= 4 is 36.4 Å². The number of hydrogen-bond acceptors (Lipinski definition) is 2. The highest BCUT2D eigenvalue weighted by atomic mass is 35.5. The number of alkyl halides is 1. The Hall–Kier alpha value is -0.440. The van der Waals surface area contributed by atoms with E-state index < -0.39 is 0 Å². The lowest BCUT2D eigenvalue weighted by molar-refractivity contribution is 0.161. The molecule has 1 aromatic heterocycles. The van der Waals surface area contributed by atoms with Crippen molar-refractivity contribution in [1.29, 1.82) is 0 Å². The molecule has 3 aliphatic rings. The Labute approximate surface area is 144 Å². The van der Waals surface area contributed by atoms with E-state index in [4.69, 9.17) is 11.6 Å². The number of rotatable bonds is 3. The molecule has 0 radical (unpaired) electrons. The molecule has 2 nitrogen and oxygen atoms in total. The molecule has 1 atom stereocenters. The van der Waals surface area contributed by atoms with Gasteiger partial charge < -0.3 is 4.90 Å². The summed E-state index contributed by atoms with van der Waals surface area (Å²) in [6.45, 7) is 4.66. The monoisotopic (exact) mass is 348 g/mol. The SMILES string of the molecule is CC(CCc1cccnc1)=C1C(Cl)C2CCN1CC2.Cl.Cl. The molecule has 21 heavy (non-hydrogen) atoms. The van der Waals surface area contributed by atoms with E-state index in [0.29, 0.717) is 5.92 Å². The minimum Gasteiger partial charge on any atom is -0.374 e. The summed E-state index contributed by atoms with van der Waals surface area (Å²) in [6, 6.07) is 4.16. The zero-order valence-electron chi connectivity index (χ0n) is 12.3. The summed E-state index contributed by atoms with van der Waals surface area (Å²) in [4.78, 5) is 6.69. The largest absolute Gasteiger partial charge is 0.374 e. The van der Waals surface area contributed by atoms with E-state index in [9.17, 15) is 0 Å². The first-order valence-electron chi connectivity index (χ1n) is 7.23. The van der Waals surface area contributed by atoms with Crippen molar-refractivity contribution in [1.82, 2.24) is 9.88 Å². The number of fused-ring (bicyclic) bond motifs is 3. The number of pyridine rings is 1. The summed E-state index contributed by atoms with van der Waals surface area (Å²) < 4.78 is 0. The molecule has 0 aliphatic carbocycles. The van der Waals surface area contributed by atoms with Gasteiger partial charge in [-0.1, -0.05) is 11.6 Å². The van der Waals surface area contributed by atoms with Crippen molar-refractivity contribution in [2.75, 3.05) is 13.1 Å². The second-order valence-corrected chi connectivity index (χ2v) is 6.22. The van der Waals surface area contributed by atoms with Crippen LogP contribution in [0.25, 0.3) is 0 Å². The third-order valence-electron chi connectivity index (χ3n) is 4.50. The van der Waals surface area contributed by atoms with Crippen LogP contribution < -0.4 is 0 Å². The molecule has 4 rings (SSSR count). The van der Waals surface area contributed by atoms with E-state index in [2.05, 4.69) is 22.9 Å². The van der Waals surface area contributed by atoms with Gasteiger partial charge in [0.25, 0.3) is 0 Å². The van der Waals surface area contributed by atoms with E-state index in [1.54, 1.807) is 0 Å². The van der Waals surface area contributed by atoms with Gasteiger partial charge in [0.05, 0.1) is 5.38 Å². The van der Waals surface area contributed by atoms with Crippen LogP contribution in [0.15, 0.2) is 35.8 Å². The maximum absolute atomic E-state index is 6.64. The maximum atomic E-state index is 6.64. The molecule has 0 aromatic carbocycles. The molecular weight excluding hydrogens is 327 g/mol. The van der Waals surface area contributed by atoms with Gasteiger partial charge in [0, 0.05) is 31.2 Å². The zero-order chi connectivity index (χ0) is 13.2.